The maximum absolute atomic E-state index is 12.1. The molecule has 0 atom stereocenters. The number of hydrogen-bond acceptors (Lipinski definition) is 4. The number of anilines is 2. The number of rotatable bonds is 5. The lowest BCUT2D eigenvalue weighted by Crippen LogP contribution is -2.22. The lowest BCUT2D eigenvalue weighted by Gasteiger charge is -2.11. The number of methoxy groups -OCH3 is 1. The average molecular weight is 340 g/mol. The van der Waals surface area contributed by atoms with E-state index in [1.165, 1.54) is 13.2 Å². The molecule has 0 aliphatic rings. The number of nitrogens with one attached hydrogen (secondary N) is 2. The third kappa shape index (κ3) is 4.91. The first-order valence-electron chi connectivity index (χ1n) is 7.75. The molecule has 2 amide bonds. The van der Waals surface area contributed by atoms with Crippen LogP contribution in [-0.2, 0) is 14.3 Å². The van der Waals surface area contributed by atoms with Crippen molar-refractivity contribution >= 4 is 29.2 Å². The zero-order valence-corrected chi connectivity index (χ0v) is 14.4. The van der Waals surface area contributed by atoms with E-state index < -0.39 is 17.8 Å². The molecule has 0 aliphatic heterocycles. The van der Waals surface area contributed by atoms with Crippen LogP contribution in [0.4, 0.5) is 11.4 Å². The molecule has 6 nitrogen and oxygen atoms in total. The molecule has 0 saturated carbocycles. The first-order valence-corrected chi connectivity index (χ1v) is 7.75. The predicted octanol–water partition coefficient (Wildman–Crippen LogP) is 3.06. The van der Waals surface area contributed by atoms with Crippen LogP contribution >= 0.6 is 0 Å². The molecular formula is C19H20N2O4. The van der Waals surface area contributed by atoms with Gasteiger partial charge >= 0.3 is 5.97 Å². The molecule has 2 rings (SSSR count). The van der Waals surface area contributed by atoms with Gasteiger partial charge in [-0.05, 0) is 43.2 Å². The van der Waals surface area contributed by atoms with Gasteiger partial charge in [0.05, 0.1) is 18.4 Å². The summed E-state index contributed by atoms with van der Waals surface area (Å²) in [6.45, 7) is 3.80. The number of carbonyl (C=O) groups excluding carboxylic acids is 3. The maximum atomic E-state index is 12.1. The van der Waals surface area contributed by atoms with E-state index in [9.17, 15) is 14.4 Å². The maximum Gasteiger partial charge on any atom is 0.339 e. The van der Waals surface area contributed by atoms with E-state index >= 15 is 0 Å². The molecule has 6 heteroatoms. The number of benzene rings is 2. The van der Waals surface area contributed by atoms with Gasteiger partial charge in [-0.1, -0.05) is 24.3 Å². The molecule has 0 fully saturated rings. The lowest BCUT2D eigenvalue weighted by atomic mass is 10.1. The van der Waals surface area contributed by atoms with E-state index in [4.69, 9.17) is 0 Å². The third-order valence-corrected chi connectivity index (χ3v) is 3.59. The van der Waals surface area contributed by atoms with Crippen LogP contribution in [0, 0.1) is 13.8 Å². The highest BCUT2D eigenvalue weighted by molar-refractivity contribution is 6.10. The molecular weight excluding hydrogens is 320 g/mol. The summed E-state index contributed by atoms with van der Waals surface area (Å²) < 4.78 is 4.67. The monoisotopic (exact) mass is 340 g/mol. The van der Waals surface area contributed by atoms with Crippen LogP contribution in [0.15, 0.2) is 42.5 Å². The number of aryl methyl sites for hydroxylation is 2. The Hall–Kier alpha value is -3.15. The van der Waals surface area contributed by atoms with Gasteiger partial charge in [-0.25, -0.2) is 4.79 Å². The quantitative estimate of drug-likeness (QED) is 0.647. The third-order valence-electron chi connectivity index (χ3n) is 3.59. The van der Waals surface area contributed by atoms with Crippen LogP contribution in [0.3, 0.4) is 0 Å². The molecule has 0 spiro atoms. The van der Waals surface area contributed by atoms with Crippen molar-refractivity contribution in [2.24, 2.45) is 0 Å². The molecule has 0 aromatic heterocycles. The second-order valence-corrected chi connectivity index (χ2v) is 5.63. The minimum absolute atomic E-state index is 0.230. The van der Waals surface area contributed by atoms with E-state index in [-0.39, 0.29) is 12.0 Å². The molecule has 0 radical (unpaired) electrons. The second-order valence-electron chi connectivity index (χ2n) is 5.63. The van der Waals surface area contributed by atoms with Crippen molar-refractivity contribution in [3.05, 3.63) is 59.2 Å². The van der Waals surface area contributed by atoms with Crippen LogP contribution < -0.4 is 10.6 Å². The summed E-state index contributed by atoms with van der Waals surface area (Å²) in [5, 5.41) is 5.29. The number of esters is 1. The van der Waals surface area contributed by atoms with Gasteiger partial charge in [0, 0.05) is 5.69 Å². The van der Waals surface area contributed by atoms with Crippen LogP contribution in [0.5, 0.6) is 0 Å². The van der Waals surface area contributed by atoms with Gasteiger partial charge in [-0.15, -0.1) is 0 Å². The zero-order valence-electron chi connectivity index (χ0n) is 14.4. The van der Waals surface area contributed by atoms with E-state index in [1.54, 1.807) is 18.2 Å². The molecule has 0 bridgehead atoms. The van der Waals surface area contributed by atoms with E-state index in [0.717, 1.165) is 11.1 Å². The highest BCUT2D eigenvalue weighted by Crippen LogP contribution is 2.18. The van der Waals surface area contributed by atoms with Crippen molar-refractivity contribution in [1.82, 2.24) is 0 Å². The minimum Gasteiger partial charge on any atom is -0.465 e. The Morgan fingerprint density at radius 1 is 0.920 bits per heavy atom. The van der Waals surface area contributed by atoms with E-state index in [1.807, 2.05) is 32.0 Å². The standard InChI is InChI=1S/C19H20N2O4/c1-12-8-9-13(2)16(10-12)21-18(23)11-17(22)20-15-7-5-4-6-14(15)19(24)25-3/h4-10H,11H2,1-3H3,(H,20,22)(H,21,23). The summed E-state index contributed by atoms with van der Waals surface area (Å²) in [5.41, 5.74) is 3.13. The molecule has 0 aliphatic carbocycles. The van der Waals surface area contributed by atoms with Crippen molar-refractivity contribution in [2.75, 3.05) is 17.7 Å². The number of amides is 2. The van der Waals surface area contributed by atoms with Gasteiger partial charge < -0.3 is 15.4 Å². The largest absolute Gasteiger partial charge is 0.465 e. The molecule has 0 unspecified atom stereocenters. The van der Waals surface area contributed by atoms with Gasteiger partial charge in [0.2, 0.25) is 11.8 Å². The van der Waals surface area contributed by atoms with Gasteiger partial charge in [0.15, 0.2) is 0 Å². The van der Waals surface area contributed by atoms with E-state index in [0.29, 0.717) is 11.4 Å². The highest BCUT2D eigenvalue weighted by atomic mass is 16.5. The molecule has 130 valence electrons. The summed E-state index contributed by atoms with van der Waals surface area (Å²) in [4.78, 5) is 35.9. The zero-order chi connectivity index (χ0) is 18.4. The Balaban J connectivity index is 2.02. The van der Waals surface area contributed by atoms with Crippen LogP contribution in [0.1, 0.15) is 27.9 Å². The van der Waals surface area contributed by atoms with Crippen LogP contribution in [0.25, 0.3) is 0 Å². The Morgan fingerprint density at radius 3 is 2.24 bits per heavy atom. The summed E-state index contributed by atoms with van der Waals surface area (Å²) in [7, 11) is 1.26. The Kier molecular flexibility index (Phi) is 5.89. The Labute approximate surface area is 146 Å². The van der Waals surface area contributed by atoms with Crippen molar-refractivity contribution in [3.8, 4) is 0 Å². The first-order chi connectivity index (χ1) is 11.9. The van der Waals surface area contributed by atoms with Crippen molar-refractivity contribution < 1.29 is 19.1 Å². The summed E-state index contributed by atoms with van der Waals surface area (Å²) in [5.74, 6) is -1.50. The normalized spacial score (nSPS) is 10.0. The topological polar surface area (TPSA) is 84.5 Å². The SMILES string of the molecule is COC(=O)c1ccccc1NC(=O)CC(=O)Nc1cc(C)ccc1C. The number of hydrogen-bond donors (Lipinski definition) is 2. The van der Waals surface area contributed by atoms with Crippen molar-refractivity contribution in [2.45, 2.75) is 20.3 Å². The molecule has 0 saturated heterocycles. The molecule has 0 heterocycles. The van der Waals surface area contributed by atoms with E-state index in [2.05, 4.69) is 15.4 Å². The lowest BCUT2D eigenvalue weighted by molar-refractivity contribution is -0.123. The fraction of sp³-hybridized carbons (Fsp3) is 0.211. The van der Waals surface area contributed by atoms with Crippen molar-refractivity contribution in [1.29, 1.82) is 0 Å². The predicted molar refractivity (Wildman–Crippen MR) is 95.6 cm³/mol. The Bertz CT molecular complexity index is 815. The number of ether oxygens (including phenoxy) is 1. The second kappa shape index (κ2) is 8.10. The minimum atomic E-state index is -0.560. The fourth-order valence-corrected chi connectivity index (χ4v) is 2.29. The smallest absolute Gasteiger partial charge is 0.339 e. The molecule has 25 heavy (non-hydrogen) atoms. The average Bonchev–Trinajstić information content (AvgIpc) is 2.57. The summed E-state index contributed by atoms with van der Waals surface area (Å²) in [6, 6.07) is 12.1. The van der Waals surface area contributed by atoms with Gasteiger partial charge in [-0.3, -0.25) is 9.59 Å². The molecule has 2 aromatic rings. The molecule has 2 aromatic carbocycles. The Morgan fingerprint density at radius 2 is 1.56 bits per heavy atom. The van der Waals surface area contributed by atoms with Crippen molar-refractivity contribution in [3.63, 3.8) is 0 Å². The first kappa shape index (κ1) is 18.2. The van der Waals surface area contributed by atoms with Gasteiger partial charge in [-0.2, -0.15) is 0 Å². The van der Waals surface area contributed by atoms with Crippen LogP contribution in [0.2, 0.25) is 0 Å². The fourth-order valence-electron chi connectivity index (χ4n) is 2.29. The number of carbonyl (C=O) groups is 3. The highest BCUT2D eigenvalue weighted by Gasteiger charge is 2.15. The summed E-state index contributed by atoms with van der Waals surface area (Å²) >= 11 is 0. The van der Waals surface area contributed by atoms with Crippen LogP contribution in [-0.4, -0.2) is 24.9 Å². The molecule has 2 N–H and O–H groups in total. The number of para-hydroxylation sites is 1. The van der Waals surface area contributed by atoms with Gasteiger partial charge in [0.25, 0.3) is 0 Å². The summed E-state index contributed by atoms with van der Waals surface area (Å²) in [6.07, 6.45) is -0.358. The van der Waals surface area contributed by atoms with Gasteiger partial charge in [0.1, 0.15) is 6.42 Å².